The molecular formula is C20H22ClN3O4S2. The lowest BCUT2D eigenvalue weighted by atomic mass is 10.2. The van der Waals surface area contributed by atoms with Crippen LogP contribution in [0.4, 0.5) is 5.69 Å². The molecule has 2 aromatic carbocycles. The second-order valence-corrected chi connectivity index (χ2v) is 9.33. The number of hydrogen-bond donors (Lipinski definition) is 1. The molecule has 0 amide bonds. The van der Waals surface area contributed by atoms with Gasteiger partial charge >= 0.3 is 5.97 Å². The molecule has 0 atom stereocenters. The maximum Gasteiger partial charge on any atom is 0.338 e. The van der Waals surface area contributed by atoms with E-state index in [0.717, 1.165) is 5.69 Å². The minimum absolute atomic E-state index is 0.225. The summed E-state index contributed by atoms with van der Waals surface area (Å²) < 4.78 is 32.0. The van der Waals surface area contributed by atoms with Gasteiger partial charge in [-0.1, -0.05) is 11.6 Å². The second-order valence-electron chi connectivity index (χ2n) is 6.57. The first-order chi connectivity index (χ1) is 14.3. The molecule has 2 aromatic rings. The number of rotatable bonds is 5. The van der Waals surface area contributed by atoms with Gasteiger partial charge < -0.3 is 15.0 Å². The number of sulfonamides is 1. The van der Waals surface area contributed by atoms with Gasteiger partial charge in [0.05, 0.1) is 17.1 Å². The van der Waals surface area contributed by atoms with Crippen molar-refractivity contribution in [2.24, 2.45) is 0 Å². The van der Waals surface area contributed by atoms with Crippen molar-refractivity contribution in [3.05, 3.63) is 59.1 Å². The van der Waals surface area contributed by atoms with Crippen LogP contribution in [0.25, 0.3) is 0 Å². The zero-order valence-electron chi connectivity index (χ0n) is 16.4. The van der Waals surface area contributed by atoms with Crippen molar-refractivity contribution in [1.29, 1.82) is 0 Å². The van der Waals surface area contributed by atoms with Gasteiger partial charge in [0, 0.05) is 36.9 Å². The molecule has 10 heteroatoms. The van der Waals surface area contributed by atoms with Crippen molar-refractivity contribution in [3.63, 3.8) is 0 Å². The van der Waals surface area contributed by atoms with E-state index in [1.165, 1.54) is 16.4 Å². The molecule has 160 valence electrons. The molecule has 0 unspecified atom stereocenters. The van der Waals surface area contributed by atoms with Crippen molar-refractivity contribution in [2.45, 2.75) is 11.8 Å². The molecule has 0 spiro atoms. The summed E-state index contributed by atoms with van der Waals surface area (Å²) in [5, 5.41) is 4.12. The summed E-state index contributed by atoms with van der Waals surface area (Å²) in [4.78, 5) is 13.9. The van der Waals surface area contributed by atoms with E-state index in [4.69, 9.17) is 28.6 Å². The number of nitrogens with zero attached hydrogens (tertiary/aromatic N) is 2. The maximum atomic E-state index is 12.8. The van der Waals surface area contributed by atoms with E-state index in [2.05, 4.69) is 5.32 Å². The highest BCUT2D eigenvalue weighted by molar-refractivity contribution is 7.89. The lowest BCUT2D eigenvalue weighted by molar-refractivity contribution is 0.0526. The van der Waals surface area contributed by atoms with Crippen LogP contribution in [-0.4, -0.2) is 61.5 Å². The summed E-state index contributed by atoms with van der Waals surface area (Å²) in [7, 11) is -3.56. The Labute approximate surface area is 186 Å². The Morgan fingerprint density at radius 1 is 1.07 bits per heavy atom. The van der Waals surface area contributed by atoms with E-state index in [9.17, 15) is 13.2 Å². The summed E-state index contributed by atoms with van der Waals surface area (Å²) in [6.07, 6.45) is 0. The summed E-state index contributed by atoms with van der Waals surface area (Å²) in [6.45, 7) is 3.68. The number of esters is 1. The maximum absolute atomic E-state index is 12.8. The van der Waals surface area contributed by atoms with Gasteiger partial charge in [-0.2, -0.15) is 4.31 Å². The van der Waals surface area contributed by atoms with Gasteiger partial charge in [-0.15, -0.1) is 0 Å². The van der Waals surface area contributed by atoms with Crippen LogP contribution in [0.5, 0.6) is 0 Å². The van der Waals surface area contributed by atoms with Crippen molar-refractivity contribution in [3.8, 4) is 0 Å². The van der Waals surface area contributed by atoms with Gasteiger partial charge in [0.1, 0.15) is 0 Å². The Bertz CT molecular complexity index is 1000. The Morgan fingerprint density at radius 2 is 1.67 bits per heavy atom. The molecule has 7 nitrogen and oxygen atoms in total. The zero-order valence-corrected chi connectivity index (χ0v) is 18.8. The fraction of sp³-hybridized carbons (Fsp3) is 0.300. The number of anilines is 1. The predicted octanol–water partition coefficient (Wildman–Crippen LogP) is 3.22. The summed E-state index contributed by atoms with van der Waals surface area (Å²) >= 11 is 11.3. The summed E-state index contributed by atoms with van der Waals surface area (Å²) in [5.41, 5.74) is 1.21. The molecule has 0 saturated carbocycles. The minimum atomic E-state index is -3.56. The Balaban J connectivity index is 1.56. The molecule has 1 aliphatic heterocycles. The summed E-state index contributed by atoms with van der Waals surface area (Å²) in [5.74, 6) is -0.371. The van der Waals surface area contributed by atoms with Crippen LogP contribution in [-0.2, 0) is 14.8 Å². The highest BCUT2D eigenvalue weighted by Gasteiger charge is 2.29. The van der Waals surface area contributed by atoms with Crippen LogP contribution < -0.4 is 5.32 Å². The number of carbonyl (C=O) groups excluding carboxylic acids is 1. The van der Waals surface area contributed by atoms with Crippen LogP contribution in [0.15, 0.2) is 53.4 Å². The molecule has 1 fully saturated rings. The molecule has 3 rings (SSSR count). The molecule has 1 heterocycles. The number of thiocarbonyl (C=S) groups is 1. The molecule has 0 aliphatic carbocycles. The highest BCUT2D eigenvalue weighted by atomic mass is 35.5. The normalized spacial score (nSPS) is 14.9. The number of carbonyl (C=O) groups is 1. The largest absolute Gasteiger partial charge is 0.462 e. The Kier molecular flexibility index (Phi) is 7.30. The quantitative estimate of drug-likeness (QED) is 0.534. The van der Waals surface area contributed by atoms with E-state index in [0.29, 0.717) is 48.5 Å². The number of halogens is 1. The monoisotopic (exact) mass is 467 g/mol. The van der Waals surface area contributed by atoms with Crippen molar-refractivity contribution >= 4 is 50.6 Å². The topological polar surface area (TPSA) is 79.0 Å². The SMILES string of the molecule is CCOC(=O)c1ccc(NC(=S)N2CCN(S(=O)(=O)c3ccc(Cl)cc3)CC2)cc1. The van der Waals surface area contributed by atoms with E-state index in [-0.39, 0.29) is 10.9 Å². The highest BCUT2D eigenvalue weighted by Crippen LogP contribution is 2.20. The van der Waals surface area contributed by atoms with Gasteiger partial charge in [0.15, 0.2) is 5.11 Å². The molecule has 1 aliphatic rings. The third kappa shape index (κ3) is 5.28. The van der Waals surface area contributed by atoms with Crippen molar-refractivity contribution in [2.75, 3.05) is 38.1 Å². The number of hydrogen-bond acceptors (Lipinski definition) is 5. The molecule has 0 radical (unpaired) electrons. The second kappa shape index (κ2) is 9.74. The number of benzene rings is 2. The van der Waals surface area contributed by atoms with E-state index < -0.39 is 10.0 Å². The first-order valence-corrected chi connectivity index (χ1v) is 11.6. The van der Waals surface area contributed by atoms with Crippen LogP contribution in [0, 0.1) is 0 Å². The van der Waals surface area contributed by atoms with E-state index >= 15 is 0 Å². The molecule has 0 bridgehead atoms. The number of piperazine rings is 1. The van der Waals surface area contributed by atoms with Crippen LogP contribution >= 0.6 is 23.8 Å². The first-order valence-electron chi connectivity index (χ1n) is 9.40. The fourth-order valence-corrected chi connectivity index (χ4v) is 4.84. The van der Waals surface area contributed by atoms with Crippen LogP contribution in [0.1, 0.15) is 17.3 Å². The predicted molar refractivity (Wildman–Crippen MR) is 120 cm³/mol. The molecule has 30 heavy (non-hydrogen) atoms. The van der Waals surface area contributed by atoms with Gasteiger partial charge in [0.25, 0.3) is 0 Å². The first kappa shape index (κ1) is 22.5. The fourth-order valence-electron chi connectivity index (χ4n) is 2.99. The smallest absolute Gasteiger partial charge is 0.338 e. The molecule has 0 aromatic heterocycles. The molecular weight excluding hydrogens is 446 g/mol. The lowest BCUT2D eigenvalue weighted by Gasteiger charge is -2.35. The standard InChI is InChI=1S/C20H22ClN3O4S2/c1-2-28-19(25)15-3-7-17(8-4-15)22-20(29)23-11-13-24(14-12-23)30(26,27)18-9-5-16(21)6-10-18/h3-10H,2,11-14H2,1H3,(H,22,29). The summed E-state index contributed by atoms with van der Waals surface area (Å²) in [6, 6.07) is 13.0. The van der Waals surface area contributed by atoms with Crippen molar-refractivity contribution in [1.82, 2.24) is 9.21 Å². The molecule has 1 N–H and O–H groups in total. The van der Waals surface area contributed by atoms with Crippen LogP contribution in [0.2, 0.25) is 5.02 Å². The van der Waals surface area contributed by atoms with E-state index in [1.807, 2.05) is 4.90 Å². The molecule has 1 saturated heterocycles. The lowest BCUT2D eigenvalue weighted by Crippen LogP contribution is -2.51. The van der Waals surface area contributed by atoms with Gasteiger partial charge in [-0.25, -0.2) is 13.2 Å². The third-order valence-corrected chi connectivity index (χ3v) is 7.15. The Morgan fingerprint density at radius 3 is 2.23 bits per heavy atom. The van der Waals surface area contributed by atoms with Gasteiger partial charge in [0.2, 0.25) is 10.0 Å². The third-order valence-electron chi connectivity index (χ3n) is 4.62. The number of nitrogens with one attached hydrogen (secondary N) is 1. The van der Waals surface area contributed by atoms with E-state index in [1.54, 1.807) is 43.3 Å². The average Bonchev–Trinajstić information content (AvgIpc) is 2.75. The zero-order chi connectivity index (χ0) is 21.7. The van der Waals surface area contributed by atoms with Gasteiger partial charge in [-0.3, -0.25) is 0 Å². The van der Waals surface area contributed by atoms with Crippen molar-refractivity contribution < 1.29 is 17.9 Å². The average molecular weight is 468 g/mol. The number of ether oxygens (including phenoxy) is 1. The Hall–Kier alpha value is -2.20. The van der Waals surface area contributed by atoms with Gasteiger partial charge in [-0.05, 0) is 67.7 Å². The minimum Gasteiger partial charge on any atom is -0.462 e. The van der Waals surface area contributed by atoms with Crippen LogP contribution in [0.3, 0.4) is 0 Å².